The molecule has 1 atom stereocenters. The van der Waals surface area contributed by atoms with Crippen molar-refractivity contribution in [3.63, 3.8) is 0 Å². The highest BCUT2D eigenvalue weighted by Gasteiger charge is 2.27. The highest BCUT2D eigenvalue weighted by molar-refractivity contribution is 9.11. The first-order valence-electron chi connectivity index (χ1n) is 6.47. The van der Waals surface area contributed by atoms with Crippen LogP contribution in [-0.4, -0.2) is 36.5 Å². The second-order valence-electron chi connectivity index (χ2n) is 4.53. The maximum absolute atomic E-state index is 12.2. The molecule has 2 heterocycles. The van der Waals surface area contributed by atoms with Crippen molar-refractivity contribution in [3.8, 4) is 0 Å². The predicted molar refractivity (Wildman–Crippen MR) is 79.0 cm³/mol. The molecule has 100 valence electrons. The zero-order valence-corrected chi connectivity index (χ0v) is 13.0. The number of carbonyl (C=O) groups is 1. The molecule has 0 aliphatic carbocycles. The molecule has 1 aliphatic rings. The molecule has 5 heteroatoms. The van der Waals surface area contributed by atoms with Crippen LogP contribution in [0.25, 0.3) is 0 Å². The van der Waals surface area contributed by atoms with Gasteiger partial charge in [0.2, 0.25) is 5.91 Å². The average molecular weight is 331 g/mol. The fraction of sp³-hybridized carbons (Fsp3) is 0.615. The first-order valence-corrected chi connectivity index (χ1v) is 8.08. The second-order valence-corrected chi connectivity index (χ2v) is 7.08. The number of rotatable bonds is 5. The van der Waals surface area contributed by atoms with Crippen molar-refractivity contribution in [1.29, 1.82) is 0 Å². The third-order valence-corrected chi connectivity index (χ3v) is 4.92. The van der Waals surface area contributed by atoms with Crippen molar-refractivity contribution >= 4 is 33.2 Å². The Morgan fingerprint density at radius 3 is 3.06 bits per heavy atom. The summed E-state index contributed by atoms with van der Waals surface area (Å²) in [4.78, 5) is 15.5. The Labute approximate surface area is 121 Å². The summed E-state index contributed by atoms with van der Waals surface area (Å²) in [6.07, 6.45) is 3.05. The molecule has 18 heavy (non-hydrogen) atoms. The number of hydrogen-bond donors (Lipinski definition) is 1. The smallest absolute Gasteiger partial charge is 0.239 e. The molecule has 1 aromatic heterocycles. The van der Waals surface area contributed by atoms with Gasteiger partial charge in [0.1, 0.15) is 0 Å². The van der Waals surface area contributed by atoms with Crippen LogP contribution in [0.3, 0.4) is 0 Å². The standard InChI is InChI=1S/C13H19BrN2OS/c1-2-15-11-4-3-8-16(13(11)17)9-7-10-5-6-12(14)18-10/h5-6,11,15H,2-4,7-9H2,1H3. The lowest BCUT2D eigenvalue weighted by atomic mass is 10.0. The van der Waals surface area contributed by atoms with Crippen molar-refractivity contribution in [2.75, 3.05) is 19.6 Å². The topological polar surface area (TPSA) is 32.3 Å². The number of likely N-dealkylation sites (N-methyl/N-ethyl adjacent to an activating group) is 1. The Hall–Kier alpha value is -0.390. The Morgan fingerprint density at radius 2 is 2.39 bits per heavy atom. The van der Waals surface area contributed by atoms with Crippen molar-refractivity contribution in [2.45, 2.75) is 32.2 Å². The Balaban J connectivity index is 1.86. The first kappa shape index (κ1) is 14.0. The third-order valence-electron chi connectivity index (χ3n) is 3.24. The van der Waals surface area contributed by atoms with Gasteiger partial charge < -0.3 is 10.2 Å². The summed E-state index contributed by atoms with van der Waals surface area (Å²) in [6.45, 7) is 4.67. The van der Waals surface area contributed by atoms with E-state index in [4.69, 9.17) is 0 Å². The first-order chi connectivity index (χ1) is 8.70. The highest BCUT2D eigenvalue weighted by Crippen LogP contribution is 2.23. The van der Waals surface area contributed by atoms with Gasteiger partial charge in [-0.3, -0.25) is 4.79 Å². The molecule has 1 amide bonds. The highest BCUT2D eigenvalue weighted by atomic mass is 79.9. The summed E-state index contributed by atoms with van der Waals surface area (Å²) in [7, 11) is 0. The summed E-state index contributed by atoms with van der Waals surface area (Å²) in [5.74, 6) is 0.277. The van der Waals surface area contributed by atoms with E-state index in [9.17, 15) is 4.79 Å². The molecule has 0 radical (unpaired) electrons. The minimum atomic E-state index is 0.0406. The van der Waals surface area contributed by atoms with Crippen molar-refractivity contribution in [2.24, 2.45) is 0 Å². The van der Waals surface area contributed by atoms with Crippen LogP contribution in [-0.2, 0) is 11.2 Å². The number of likely N-dealkylation sites (tertiary alicyclic amines) is 1. The van der Waals surface area contributed by atoms with E-state index in [1.165, 1.54) is 4.88 Å². The number of amides is 1. The number of thiophene rings is 1. The number of piperidine rings is 1. The van der Waals surface area contributed by atoms with E-state index < -0.39 is 0 Å². The van der Waals surface area contributed by atoms with Crippen LogP contribution in [0.1, 0.15) is 24.6 Å². The van der Waals surface area contributed by atoms with E-state index in [2.05, 4.69) is 40.3 Å². The van der Waals surface area contributed by atoms with E-state index in [0.717, 1.165) is 42.7 Å². The molecule has 1 fully saturated rings. The monoisotopic (exact) mass is 330 g/mol. The van der Waals surface area contributed by atoms with Crippen LogP contribution in [0, 0.1) is 0 Å². The fourth-order valence-corrected chi connectivity index (χ4v) is 3.80. The lowest BCUT2D eigenvalue weighted by molar-refractivity contribution is -0.135. The summed E-state index contributed by atoms with van der Waals surface area (Å²) < 4.78 is 1.16. The molecule has 1 unspecified atom stereocenters. The van der Waals surface area contributed by atoms with Gasteiger partial charge in [-0.2, -0.15) is 0 Å². The van der Waals surface area contributed by atoms with Gasteiger partial charge in [-0.25, -0.2) is 0 Å². The van der Waals surface area contributed by atoms with Gasteiger partial charge in [0, 0.05) is 18.0 Å². The maximum atomic E-state index is 12.2. The molecular formula is C13H19BrN2OS. The average Bonchev–Trinajstić information content (AvgIpc) is 2.77. The van der Waals surface area contributed by atoms with E-state index in [0.29, 0.717) is 0 Å². The normalized spacial score (nSPS) is 20.4. The van der Waals surface area contributed by atoms with Gasteiger partial charge in [0.05, 0.1) is 9.83 Å². The van der Waals surface area contributed by atoms with Crippen LogP contribution >= 0.6 is 27.3 Å². The number of halogens is 1. The molecule has 1 saturated heterocycles. The number of hydrogen-bond acceptors (Lipinski definition) is 3. The second kappa shape index (κ2) is 6.68. The maximum Gasteiger partial charge on any atom is 0.239 e. The van der Waals surface area contributed by atoms with Crippen LogP contribution in [0.2, 0.25) is 0 Å². The van der Waals surface area contributed by atoms with E-state index >= 15 is 0 Å². The van der Waals surface area contributed by atoms with Gasteiger partial charge in [-0.15, -0.1) is 11.3 Å². The molecular weight excluding hydrogens is 312 g/mol. The van der Waals surface area contributed by atoms with E-state index in [1.54, 1.807) is 11.3 Å². The predicted octanol–water partition coefficient (Wildman–Crippen LogP) is 2.65. The quantitative estimate of drug-likeness (QED) is 0.900. The molecule has 3 nitrogen and oxygen atoms in total. The van der Waals surface area contributed by atoms with Crippen LogP contribution < -0.4 is 5.32 Å². The Morgan fingerprint density at radius 1 is 1.56 bits per heavy atom. The van der Waals surface area contributed by atoms with Crippen molar-refractivity contribution < 1.29 is 4.79 Å². The molecule has 0 aromatic carbocycles. The minimum Gasteiger partial charge on any atom is -0.341 e. The lowest BCUT2D eigenvalue weighted by Crippen LogP contribution is -2.51. The van der Waals surface area contributed by atoms with Gasteiger partial charge in [0.15, 0.2) is 0 Å². The minimum absolute atomic E-state index is 0.0406. The number of carbonyl (C=O) groups excluding carboxylic acids is 1. The largest absolute Gasteiger partial charge is 0.341 e. The summed E-state index contributed by atoms with van der Waals surface area (Å²) in [5.41, 5.74) is 0. The summed E-state index contributed by atoms with van der Waals surface area (Å²) in [6, 6.07) is 4.24. The Bertz CT molecular complexity index is 405. The lowest BCUT2D eigenvalue weighted by Gasteiger charge is -2.32. The SMILES string of the molecule is CCNC1CCCN(CCc2ccc(Br)s2)C1=O. The van der Waals surface area contributed by atoms with E-state index in [1.807, 2.05) is 4.90 Å². The van der Waals surface area contributed by atoms with Gasteiger partial charge in [-0.1, -0.05) is 6.92 Å². The molecule has 0 spiro atoms. The summed E-state index contributed by atoms with van der Waals surface area (Å²) >= 11 is 5.22. The van der Waals surface area contributed by atoms with Gasteiger partial charge in [0.25, 0.3) is 0 Å². The Kier molecular flexibility index (Phi) is 5.21. The van der Waals surface area contributed by atoms with Crippen LogP contribution in [0.15, 0.2) is 15.9 Å². The van der Waals surface area contributed by atoms with Crippen LogP contribution in [0.4, 0.5) is 0 Å². The zero-order valence-electron chi connectivity index (χ0n) is 10.6. The zero-order chi connectivity index (χ0) is 13.0. The van der Waals surface area contributed by atoms with Gasteiger partial charge >= 0.3 is 0 Å². The fourth-order valence-electron chi connectivity index (χ4n) is 2.33. The van der Waals surface area contributed by atoms with Gasteiger partial charge in [-0.05, 0) is 53.9 Å². The number of nitrogens with one attached hydrogen (secondary N) is 1. The molecule has 1 aliphatic heterocycles. The third kappa shape index (κ3) is 3.56. The van der Waals surface area contributed by atoms with E-state index in [-0.39, 0.29) is 11.9 Å². The molecule has 1 N–H and O–H groups in total. The molecule has 1 aromatic rings. The molecule has 0 saturated carbocycles. The van der Waals surface area contributed by atoms with Crippen molar-refractivity contribution in [1.82, 2.24) is 10.2 Å². The number of nitrogens with zero attached hydrogens (tertiary/aromatic N) is 1. The van der Waals surface area contributed by atoms with Crippen molar-refractivity contribution in [3.05, 3.63) is 20.8 Å². The summed E-state index contributed by atoms with van der Waals surface area (Å²) in [5, 5.41) is 3.27. The molecule has 0 bridgehead atoms. The van der Waals surface area contributed by atoms with Crippen LogP contribution in [0.5, 0.6) is 0 Å². The molecule has 2 rings (SSSR count).